The third-order valence-electron chi connectivity index (χ3n) is 8.17. The molecular weight excluding hydrogens is 431 g/mol. The number of methoxy groups -OCH3 is 1. The van der Waals surface area contributed by atoms with E-state index in [9.17, 15) is 24.9 Å². The lowest BCUT2D eigenvalue weighted by atomic mass is 9.58. The summed E-state index contributed by atoms with van der Waals surface area (Å²) in [6.07, 6.45) is 6.36. The monoisotopic (exact) mass is 460 g/mol. The summed E-state index contributed by atoms with van der Waals surface area (Å²) in [5.41, 5.74) is -1.65. The first-order chi connectivity index (χ1) is 15.8. The number of hydrogen-bond donors (Lipinski definition) is 3. The van der Waals surface area contributed by atoms with Crippen LogP contribution in [0.15, 0.2) is 17.1 Å². The Morgan fingerprint density at radius 2 is 1.79 bits per heavy atom. The number of benzene rings is 1. The van der Waals surface area contributed by atoms with Gasteiger partial charge < -0.3 is 29.5 Å². The van der Waals surface area contributed by atoms with Gasteiger partial charge in [0.1, 0.15) is 11.3 Å². The van der Waals surface area contributed by atoms with Crippen molar-refractivity contribution in [3.05, 3.63) is 33.9 Å². The third-order valence-corrected chi connectivity index (χ3v) is 8.17. The summed E-state index contributed by atoms with van der Waals surface area (Å²) in [6.45, 7) is 0.528. The summed E-state index contributed by atoms with van der Waals surface area (Å²) in [4.78, 5) is 26.4. The van der Waals surface area contributed by atoms with Crippen LogP contribution in [0.3, 0.4) is 0 Å². The molecule has 0 spiro atoms. The minimum atomic E-state index is -1.35. The third kappa shape index (κ3) is 3.09. The van der Waals surface area contributed by atoms with Gasteiger partial charge in [-0.2, -0.15) is 0 Å². The van der Waals surface area contributed by atoms with Crippen molar-refractivity contribution < 1.29 is 29.2 Å². The van der Waals surface area contributed by atoms with Crippen molar-refractivity contribution in [2.75, 3.05) is 38.3 Å². The van der Waals surface area contributed by atoms with Crippen LogP contribution in [0.25, 0.3) is 10.9 Å². The number of halogens is 1. The zero-order chi connectivity index (χ0) is 23.5. The van der Waals surface area contributed by atoms with Crippen LogP contribution in [0.2, 0.25) is 0 Å². The van der Waals surface area contributed by atoms with Gasteiger partial charge in [-0.3, -0.25) is 4.79 Å². The number of aliphatic hydroxyl groups is 2. The maximum Gasteiger partial charge on any atom is 0.341 e. The Balaban J connectivity index is 1.74. The molecule has 2 aliphatic carbocycles. The highest BCUT2D eigenvalue weighted by molar-refractivity contribution is 5.97. The molecule has 2 unspecified atom stereocenters. The first kappa shape index (κ1) is 22.2. The minimum Gasteiger partial charge on any atom is -0.492 e. The Labute approximate surface area is 190 Å². The molecule has 1 saturated heterocycles. The first-order valence-electron chi connectivity index (χ1n) is 11.5. The highest BCUT2D eigenvalue weighted by Gasteiger charge is 2.58. The second-order valence-corrected chi connectivity index (χ2v) is 9.89. The minimum absolute atomic E-state index is 0.0205. The van der Waals surface area contributed by atoms with Crippen LogP contribution < -0.4 is 15.1 Å². The molecular formula is C24H29FN2O6. The average Bonchev–Trinajstić information content (AvgIpc) is 3.59. The molecule has 2 atom stereocenters. The van der Waals surface area contributed by atoms with Gasteiger partial charge in [-0.05, 0) is 31.7 Å². The fraction of sp³-hybridized carbons (Fsp3) is 0.583. The maximum absolute atomic E-state index is 15.7. The lowest BCUT2D eigenvalue weighted by Crippen LogP contribution is -2.48. The molecule has 33 heavy (non-hydrogen) atoms. The van der Waals surface area contributed by atoms with E-state index in [0.29, 0.717) is 18.6 Å². The molecule has 2 saturated carbocycles. The predicted molar refractivity (Wildman–Crippen MR) is 120 cm³/mol. The molecule has 0 bridgehead atoms. The largest absolute Gasteiger partial charge is 0.492 e. The summed E-state index contributed by atoms with van der Waals surface area (Å²) < 4.78 is 23.1. The van der Waals surface area contributed by atoms with Crippen LogP contribution in [-0.4, -0.2) is 59.3 Å². The number of carboxylic acid groups (broad SMARTS) is 1. The summed E-state index contributed by atoms with van der Waals surface area (Å²) in [5.74, 6) is -1.84. The second-order valence-electron chi connectivity index (χ2n) is 9.89. The SMILES string of the molecule is COc1c(N2CC3(CO)CCCCC3(CO)C2)c(F)cc2c(=O)c(C(=O)O)cn(C3CC3)c12. The zero-order valence-corrected chi connectivity index (χ0v) is 18.6. The number of aliphatic hydroxyl groups excluding tert-OH is 2. The molecule has 2 aromatic rings. The molecule has 3 fully saturated rings. The van der Waals surface area contributed by atoms with Gasteiger partial charge in [-0.15, -0.1) is 0 Å². The molecule has 2 heterocycles. The normalized spacial score (nSPS) is 27.1. The fourth-order valence-corrected chi connectivity index (χ4v) is 6.21. The number of carboxylic acids is 1. The van der Waals surface area contributed by atoms with Crippen molar-refractivity contribution in [2.24, 2.45) is 10.8 Å². The number of ether oxygens (including phenoxy) is 1. The van der Waals surface area contributed by atoms with Gasteiger partial charge in [-0.25, -0.2) is 9.18 Å². The van der Waals surface area contributed by atoms with Crippen molar-refractivity contribution in [1.29, 1.82) is 0 Å². The van der Waals surface area contributed by atoms with E-state index in [4.69, 9.17) is 4.74 Å². The number of aromatic carboxylic acids is 1. The van der Waals surface area contributed by atoms with Gasteiger partial charge in [0.15, 0.2) is 11.6 Å². The molecule has 3 aliphatic rings. The van der Waals surface area contributed by atoms with E-state index in [-0.39, 0.29) is 36.1 Å². The van der Waals surface area contributed by atoms with Crippen LogP contribution in [0, 0.1) is 16.6 Å². The zero-order valence-electron chi connectivity index (χ0n) is 18.6. The molecule has 3 N–H and O–H groups in total. The Morgan fingerprint density at radius 3 is 2.27 bits per heavy atom. The molecule has 1 aromatic heterocycles. The second kappa shape index (κ2) is 7.70. The number of rotatable bonds is 6. The summed E-state index contributed by atoms with van der Waals surface area (Å²) in [5, 5.41) is 30.2. The van der Waals surface area contributed by atoms with Gasteiger partial charge in [0.25, 0.3) is 0 Å². The number of pyridine rings is 1. The lowest BCUT2D eigenvalue weighted by molar-refractivity contribution is -0.0490. The van der Waals surface area contributed by atoms with Gasteiger partial charge >= 0.3 is 5.97 Å². The van der Waals surface area contributed by atoms with E-state index in [1.165, 1.54) is 13.3 Å². The smallest absolute Gasteiger partial charge is 0.341 e. The summed E-state index contributed by atoms with van der Waals surface area (Å²) in [7, 11) is 1.41. The molecule has 178 valence electrons. The number of aromatic nitrogens is 1. The Hall–Kier alpha value is -2.65. The van der Waals surface area contributed by atoms with E-state index in [2.05, 4.69) is 0 Å². The summed E-state index contributed by atoms with van der Waals surface area (Å²) in [6, 6.07) is 1.13. The number of nitrogens with zero attached hydrogens (tertiary/aromatic N) is 2. The quantitative estimate of drug-likeness (QED) is 0.607. The van der Waals surface area contributed by atoms with Crippen LogP contribution in [-0.2, 0) is 0 Å². The van der Waals surface area contributed by atoms with Crippen molar-refractivity contribution in [2.45, 2.75) is 44.6 Å². The lowest BCUT2D eigenvalue weighted by Gasteiger charge is -2.46. The molecule has 1 aromatic carbocycles. The number of anilines is 1. The molecule has 9 heteroatoms. The van der Waals surface area contributed by atoms with Crippen LogP contribution in [0.5, 0.6) is 5.75 Å². The molecule has 0 radical (unpaired) electrons. The fourth-order valence-electron chi connectivity index (χ4n) is 6.21. The highest BCUT2D eigenvalue weighted by atomic mass is 19.1. The van der Waals surface area contributed by atoms with Gasteiger partial charge in [-0.1, -0.05) is 12.8 Å². The van der Waals surface area contributed by atoms with E-state index in [1.807, 2.05) is 4.90 Å². The number of carbonyl (C=O) groups is 1. The van der Waals surface area contributed by atoms with Crippen LogP contribution in [0.4, 0.5) is 10.1 Å². The molecule has 1 aliphatic heterocycles. The van der Waals surface area contributed by atoms with Crippen LogP contribution >= 0.6 is 0 Å². The van der Waals surface area contributed by atoms with E-state index in [0.717, 1.165) is 44.6 Å². The number of fused-ring (bicyclic) bond motifs is 2. The van der Waals surface area contributed by atoms with Gasteiger partial charge in [0.2, 0.25) is 5.43 Å². The van der Waals surface area contributed by atoms with Gasteiger partial charge in [0, 0.05) is 36.2 Å². The highest BCUT2D eigenvalue weighted by Crippen LogP contribution is 2.57. The van der Waals surface area contributed by atoms with E-state index >= 15 is 4.39 Å². The Bertz CT molecular complexity index is 1170. The topological polar surface area (TPSA) is 112 Å². The van der Waals surface area contributed by atoms with Crippen molar-refractivity contribution in [1.82, 2.24) is 4.57 Å². The molecule has 8 nitrogen and oxygen atoms in total. The van der Waals surface area contributed by atoms with E-state index in [1.54, 1.807) is 4.57 Å². The molecule has 0 amide bonds. The average molecular weight is 461 g/mol. The van der Waals surface area contributed by atoms with Gasteiger partial charge in [0.05, 0.1) is 31.2 Å². The molecule has 5 rings (SSSR count). The summed E-state index contributed by atoms with van der Waals surface area (Å²) >= 11 is 0. The first-order valence-corrected chi connectivity index (χ1v) is 11.5. The predicted octanol–water partition coefficient (Wildman–Crippen LogP) is 2.53. The van der Waals surface area contributed by atoms with Crippen molar-refractivity contribution in [3.8, 4) is 5.75 Å². The van der Waals surface area contributed by atoms with Crippen molar-refractivity contribution >= 4 is 22.6 Å². The van der Waals surface area contributed by atoms with E-state index < -0.39 is 33.6 Å². The number of hydrogen-bond acceptors (Lipinski definition) is 6. The maximum atomic E-state index is 15.7. The van der Waals surface area contributed by atoms with Crippen molar-refractivity contribution in [3.63, 3.8) is 0 Å². The van der Waals surface area contributed by atoms with Crippen LogP contribution in [0.1, 0.15) is 54.9 Å². The Morgan fingerprint density at radius 1 is 1.18 bits per heavy atom. The Kier molecular flexibility index (Phi) is 5.17. The standard InChI is InChI=1S/C24H29FN2O6/c1-33-21-18-15(20(30)16(22(31)32)9-27(18)14-4-5-14)8-17(25)19(21)26-10-23(12-28)6-2-3-7-24(23,11-26)13-29/h8-9,14,28-29H,2-7,10-13H2,1H3,(H,31,32).